The van der Waals surface area contributed by atoms with Crippen molar-refractivity contribution in [2.75, 3.05) is 19.0 Å². The first-order valence-corrected chi connectivity index (χ1v) is 9.92. The first-order valence-electron chi connectivity index (χ1n) is 8.48. The third-order valence-corrected chi connectivity index (χ3v) is 6.01. The summed E-state index contributed by atoms with van der Waals surface area (Å²) in [6.45, 7) is 1.00. The number of likely N-dealkylation sites (N-methyl/N-ethyl adjacent to an activating group) is 1. The van der Waals surface area contributed by atoms with Gasteiger partial charge in [-0.2, -0.15) is 0 Å². The molecule has 10 heteroatoms. The summed E-state index contributed by atoms with van der Waals surface area (Å²) in [7, 11) is -2.63. The fourth-order valence-electron chi connectivity index (χ4n) is 2.85. The number of nitrogens with one attached hydrogen (secondary N) is 2. The summed E-state index contributed by atoms with van der Waals surface area (Å²) in [5.41, 5.74) is 2.75. The zero-order valence-corrected chi connectivity index (χ0v) is 16.4. The molecule has 3 rings (SSSR count). The number of fused-ring (bicyclic) bond motifs is 1. The first-order chi connectivity index (χ1) is 13.7. The molecule has 29 heavy (non-hydrogen) atoms. The highest BCUT2D eigenvalue weighted by Crippen LogP contribution is 2.31. The minimum Gasteiger partial charge on any atom is -0.324 e. The Balaban J connectivity index is 1.71. The van der Waals surface area contributed by atoms with Crippen molar-refractivity contribution in [3.63, 3.8) is 0 Å². The molecular weight excluding hydrogens is 401 g/mol. The van der Waals surface area contributed by atoms with Gasteiger partial charge in [0, 0.05) is 18.3 Å². The molecule has 152 valence electrons. The van der Waals surface area contributed by atoms with E-state index in [-0.39, 0.29) is 27.5 Å². The van der Waals surface area contributed by atoms with Crippen LogP contribution in [0.2, 0.25) is 0 Å². The molecule has 0 saturated heterocycles. The highest BCUT2D eigenvalue weighted by molar-refractivity contribution is 7.89. The van der Waals surface area contributed by atoms with Gasteiger partial charge in [-0.1, -0.05) is 18.2 Å². The van der Waals surface area contributed by atoms with Crippen LogP contribution >= 0.6 is 0 Å². The highest BCUT2D eigenvalue weighted by atomic mass is 32.2. The van der Waals surface area contributed by atoms with Crippen molar-refractivity contribution in [3.8, 4) is 0 Å². The predicted molar refractivity (Wildman–Crippen MR) is 103 cm³/mol. The Morgan fingerprint density at radius 3 is 2.62 bits per heavy atom. The Morgan fingerprint density at radius 1 is 1.17 bits per heavy atom. The number of amides is 1. The normalized spacial score (nSPS) is 16.8. The summed E-state index contributed by atoms with van der Waals surface area (Å²) in [5.74, 6) is -1.55. The Kier molecular flexibility index (Phi) is 5.66. The van der Waals surface area contributed by atoms with E-state index in [1.807, 2.05) is 0 Å². The number of benzene rings is 2. The lowest BCUT2D eigenvalue weighted by Crippen LogP contribution is -2.38. The van der Waals surface area contributed by atoms with Crippen molar-refractivity contribution in [3.05, 3.63) is 71.3 Å². The summed E-state index contributed by atoms with van der Waals surface area (Å²) in [6, 6.07) is 11.3. The molecule has 1 aliphatic rings. The number of hydrogen-bond donors (Lipinski definition) is 2. The number of anilines is 1. The fourth-order valence-corrected chi connectivity index (χ4v) is 4.29. The van der Waals surface area contributed by atoms with Crippen LogP contribution in [-0.2, 0) is 19.7 Å². The van der Waals surface area contributed by atoms with E-state index < -0.39 is 34.1 Å². The smallest absolute Gasteiger partial charge is 0.264 e. The summed E-state index contributed by atoms with van der Waals surface area (Å²) in [5, 5.41) is 2.45. The van der Waals surface area contributed by atoms with Gasteiger partial charge in [0.15, 0.2) is 6.61 Å². The molecule has 1 aliphatic heterocycles. The molecule has 1 amide bonds. The second-order valence-corrected chi connectivity index (χ2v) is 8.16. The summed E-state index contributed by atoms with van der Waals surface area (Å²) >= 11 is 0. The standard InChI is InChI=1S/C19H18FN3O5S/c1-12(22-28-11-17(24)21-14-7-5-6-13(20)10-14)18-19(25)15-8-3-4-9-16(15)29(26,27)23(18)2/h3-10,22H,11H2,1-2H3,(H,21,24)/b18-12+. The van der Waals surface area contributed by atoms with Gasteiger partial charge in [0.05, 0.1) is 10.6 Å². The zero-order chi connectivity index (χ0) is 21.2. The zero-order valence-electron chi connectivity index (χ0n) is 15.6. The average Bonchev–Trinajstić information content (AvgIpc) is 2.67. The largest absolute Gasteiger partial charge is 0.324 e. The van der Waals surface area contributed by atoms with Crippen LogP contribution in [-0.4, -0.2) is 38.1 Å². The molecule has 0 saturated carbocycles. The summed E-state index contributed by atoms with van der Waals surface area (Å²) < 4.78 is 39.3. The molecule has 2 N–H and O–H groups in total. The van der Waals surface area contributed by atoms with Crippen molar-refractivity contribution in [1.82, 2.24) is 9.79 Å². The van der Waals surface area contributed by atoms with Gasteiger partial charge in [0.1, 0.15) is 11.5 Å². The Bertz CT molecular complexity index is 1110. The predicted octanol–water partition coefficient (Wildman–Crippen LogP) is 2.03. The van der Waals surface area contributed by atoms with Gasteiger partial charge in [-0.3, -0.25) is 24.2 Å². The molecule has 0 unspecified atom stereocenters. The molecule has 2 aromatic carbocycles. The lowest BCUT2D eigenvalue weighted by atomic mass is 10.1. The Morgan fingerprint density at radius 2 is 1.90 bits per heavy atom. The Hall–Kier alpha value is -3.24. The third-order valence-electron chi connectivity index (χ3n) is 4.19. The van der Waals surface area contributed by atoms with Crippen LogP contribution < -0.4 is 10.8 Å². The maximum Gasteiger partial charge on any atom is 0.264 e. The van der Waals surface area contributed by atoms with Crippen LogP contribution in [0.25, 0.3) is 0 Å². The van der Waals surface area contributed by atoms with E-state index >= 15 is 0 Å². The minimum atomic E-state index is -3.89. The molecule has 0 spiro atoms. The van der Waals surface area contributed by atoms with E-state index in [4.69, 9.17) is 4.84 Å². The van der Waals surface area contributed by atoms with Gasteiger partial charge < -0.3 is 5.32 Å². The fraction of sp³-hybridized carbons (Fsp3) is 0.158. The topological polar surface area (TPSA) is 105 Å². The molecule has 0 aliphatic carbocycles. The SMILES string of the molecule is C/C(NOCC(=O)Nc1cccc(F)c1)=C1/C(=O)c2ccccc2S(=O)(=O)N1C. The molecular formula is C19H18FN3O5S. The van der Waals surface area contributed by atoms with Gasteiger partial charge in [-0.05, 0) is 37.3 Å². The molecule has 0 fully saturated rings. The Labute approximate surface area is 167 Å². The molecule has 0 radical (unpaired) electrons. The van der Waals surface area contributed by atoms with Crippen molar-refractivity contribution in [2.45, 2.75) is 11.8 Å². The number of ketones is 1. The maximum absolute atomic E-state index is 13.1. The van der Waals surface area contributed by atoms with Gasteiger partial charge >= 0.3 is 0 Å². The molecule has 0 bridgehead atoms. The molecule has 0 aromatic heterocycles. The number of halogens is 1. The van der Waals surface area contributed by atoms with Gasteiger partial charge in [-0.15, -0.1) is 0 Å². The number of sulfonamides is 1. The third kappa shape index (κ3) is 4.13. The van der Waals surface area contributed by atoms with Crippen LogP contribution in [0.15, 0.2) is 64.8 Å². The maximum atomic E-state index is 13.1. The van der Waals surface area contributed by atoms with E-state index in [0.29, 0.717) is 0 Å². The van der Waals surface area contributed by atoms with E-state index in [1.165, 1.54) is 50.4 Å². The van der Waals surface area contributed by atoms with E-state index in [0.717, 1.165) is 10.4 Å². The van der Waals surface area contributed by atoms with E-state index in [2.05, 4.69) is 10.8 Å². The quantitative estimate of drug-likeness (QED) is 0.568. The number of rotatable bonds is 5. The number of nitrogens with zero attached hydrogens (tertiary/aromatic N) is 1. The molecule has 2 aromatic rings. The van der Waals surface area contributed by atoms with Gasteiger partial charge in [-0.25, -0.2) is 12.8 Å². The van der Waals surface area contributed by atoms with E-state index in [1.54, 1.807) is 6.07 Å². The van der Waals surface area contributed by atoms with Crippen LogP contribution in [0.5, 0.6) is 0 Å². The lowest BCUT2D eigenvalue weighted by molar-refractivity contribution is -0.122. The second-order valence-electron chi connectivity index (χ2n) is 6.22. The van der Waals surface area contributed by atoms with Crippen molar-refractivity contribution < 1.29 is 27.2 Å². The first kappa shape index (κ1) is 20.5. The second kappa shape index (κ2) is 8.02. The molecule has 1 heterocycles. The number of hydroxylamine groups is 1. The van der Waals surface area contributed by atoms with Gasteiger partial charge in [0.2, 0.25) is 5.78 Å². The van der Waals surface area contributed by atoms with E-state index in [9.17, 15) is 22.4 Å². The van der Waals surface area contributed by atoms with Crippen LogP contribution in [0, 0.1) is 5.82 Å². The number of carbonyl (C=O) groups is 2. The van der Waals surface area contributed by atoms with Gasteiger partial charge in [0.25, 0.3) is 15.9 Å². The van der Waals surface area contributed by atoms with Crippen molar-refractivity contribution >= 4 is 27.4 Å². The summed E-state index contributed by atoms with van der Waals surface area (Å²) in [4.78, 5) is 29.6. The average molecular weight is 419 g/mol. The minimum absolute atomic E-state index is 0.0607. The number of allylic oxidation sites excluding steroid dienone is 2. The molecule has 0 atom stereocenters. The van der Waals surface area contributed by atoms with Crippen LogP contribution in [0.4, 0.5) is 10.1 Å². The van der Waals surface area contributed by atoms with Crippen LogP contribution in [0.1, 0.15) is 17.3 Å². The lowest BCUT2D eigenvalue weighted by Gasteiger charge is -2.29. The van der Waals surface area contributed by atoms with Crippen molar-refractivity contribution in [2.24, 2.45) is 0 Å². The number of Topliss-reactive ketones (excluding diaryl/α,β-unsaturated/α-hetero) is 1. The summed E-state index contributed by atoms with van der Waals surface area (Å²) in [6.07, 6.45) is 0. The van der Waals surface area contributed by atoms with Crippen molar-refractivity contribution in [1.29, 1.82) is 0 Å². The number of hydrogen-bond acceptors (Lipinski definition) is 6. The molecule has 8 nitrogen and oxygen atoms in total. The number of carbonyl (C=O) groups excluding carboxylic acids is 2. The highest BCUT2D eigenvalue weighted by Gasteiger charge is 2.38. The monoisotopic (exact) mass is 419 g/mol. The van der Waals surface area contributed by atoms with Crippen LogP contribution in [0.3, 0.4) is 0 Å².